The van der Waals surface area contributed by atoms with E-state index in [0.717, 1.165) is 6.07 Å². The van der Waals surface area contributed by atoms with Crippen LogP contribution in [0.25, 0.3) is 0 Å². The van der Waals surface area contributed by atoms with E-state index in [1.54, 1.807) is 0 Å². The molecule has 0 aromatic heterocycles. The van der Waals surface area contributed by atoms with Gasteiger partial charge in [-0.2, -0.15) is 0 Å². The van der Waals surface area contributed by atoms with Crippen LogP contribution in [0, 0.1) is 24.1 Å². The number of hydrogen-bond acceptors (Lipinski definition) is 3. The normalized spacial score (nSPS) is 20.6. The van der Waals surface area contributed by atoms with Crippen molar-refractivity contribution in [1.82, 2.24) is 4.72 Å². The molecule has 1 aliphatic rings. The van der Waals surface area contributed by atoms with Gasteiger partial charge in [0, 0.05) is 5.92 Å². The van der Waals surface area contributed by atoms with Gasteiger partial charge in [-0.3, -0.25) is 4.79 Å². The van der Waals surface area contributed by atoms with E-state index in [-0.39, 0.29) is 26.3 Å². The van der Waals surface area contributed by atoms with Gasteiger partial charge in [-0.1, -0.05) is 13.8 Å². The lowest BCUT2D eigenvalue weighted by Gasteiger charge is -2.10. The van der Waals surface area contributed by atoms with E-state index >= 15 is 0 Å². The van der Waals surface area contributed by atoms with E-state index in [1.165, 1.54) is 13.0 Å². The van der Waals surface area contributed by atoms with Crippen LogP contribution < -0.4 is 4.72 Å². The third kappa shape index (κ3) is 2.88. The number of hydrogen-bond donors (Lipinski definition) is 1. The molecule has 4 nitrogen and oxygen atoms in total. The number of carbonyl (C=O) groups excluding carboxylic acids is 1. The number of rotatable bonds is 3. The molecule has 0 spiro atoms. The van der Waals surface area contributed by atoms with Crippen LogP contribution in [0.1, 0.15) is 25.8 Å². The second-order valence-electron chi connectivity index (χ2n) is 5.75. The van der Waals surface area contributed by atoms with Crippen LogP contribution in [0.3, 0.4) is 0 Å². The first-order chi connectivity index (χ1) is 9.04. The van der Waals surface area contributed by atoms with Gasteiger partial charge in [0.1, 0.15) is 5.82 Å². The van der Waals surface area contributed by atoms with Crippen molar-refractivity contribution in [2.45, 2.75) is 32.1 Å². The van der Waals surface area contributed by atoms with Crippen LogP contribution in [0.4, 0.5) is 4.39 Å². The van der Waals surface area contributed by atoms with Gasteiger partial charge < -0.3 is 0 Å². The standard InChI is InChI=1S/C13H15BrFNO3S/c1-7-4-8(5-10(14)11(7)15)20(18,19)16-12(17)9-6-13(9,2)3/h4-5,9H,6H2,1-3H3,(H,16,17)/t9-/m1/s1. The molecule has 0 radical (unpaired) electrons. The molecule has 7 heteroatoms. The van der Waals surface area contributed by atoms with Crippen molar-refractivity contribution in [2.75, 3.05) is 0 Å². The number of halogens is 2. The smallest absolute Gasteiger partial charge is 0.264 e. The van der Waals surface area contributed by atoms with Gasteiger partial charge in [0.25, 0.3) is 10.0 Å². The number of aryl methyl sites for hydroxylation is 1. The Morgan fingerprint density at radius 3 is 2.45 bits per heavy atom. The summed E-state index contributed by atoms with van der Waals surface area (Å²) in [4.78, 5) is 11.7. The zero-order valence-corrected chi connectivity index (χ0v) is 13.7. The highest BCUT2D eigenvalue weighted by molar-refractivity contribution is 9.10. The van der Waals surface area contributed by atoms with Crippen molar-refractivity contribution in [1.29, 1.82) is 0 Å². The maximum atomic E-state index is 13.5. The molecule has 1 aliphatic carbocycles. The van der Waals surface area contributed by atoms with Gasteiger partial charge >= 0.3 is 0 Å². The monoisotopic (exact) mass is 363 g/mol. The summed E-state index contributed by atoms with van der Waals surface area (Å²) in [7, 11) is -3.97. The van der Waals surface area contributed by atoms with Crippen molar-refractivity contribution in [3.63, 3.8) is 0 Å². The number of sulfonamides is 1. The molecular weight excluding hydrogens is 349 g/mol. The lowest BCUT2D eigenvalue weighted by atomic mass is 10.1. The molecule has 2 rings (SSSR count). The Bertz CT molecular complexity index is 662. The van der Waals surface area contributed by atoms with Gasteiger partial charge in [-0.15, -0.1) is 0 Å². The minimum Gasteiger partial charge on any atom is -0.274 e. The predicted octanol–water partition coefficient (Wildman–Crippen LogP) is 2.75. The minimum atomic E-state index is -3.97. The second-order valence-corrected chi connectivity index (χ2v) is 8.29. The van der Waals surface area contributed by atoms with Gasteiger partial charge in [-0.05, 0) is 52.4 Å². The molecule has 1 saturated carbocycles. The summed E-state index contributed by atoms with van der Waals surface area (Å²) in [5, 5.41) is 0. The van der Waals surface area contributed by atoms with Crippen LogP contribution in [0.5, 0.6) is 0 Å². The Morgan fingerprint density at radius 1 is 1.45 bits per heavy atom. The maximum absolute atomic E-state index is 13.5. The Morgan fingerprint density at radius 2 is 2.00 bits per heavy atom. The fraction of sp³-hybridized carbons (Fsp3) is 0.462. The zero-order valence-electron chi connectivity index (χ0n) is 11.3. The molecule has 20 heavy (non-hydrogen) atoms. The van der Waals surface area contributed by atoms with Crippen LogP contribution >= 0.6 is 15.9 Å². The first kappa shape index (κ1) is 15.4. The predicted molar refractivity (Wildman–Crippen MR) is 76.1 cm³/mol. The summed E-state index contributed by atoms with van der Waals surface area (Å²) in [6.07, 6.45) is 0.667. The Balaban J connectivity index is 2.25. The molecule has 1 N–H and O–H groups in total. The SMILES string of the molecule is Cc1cc(S(=O)(=O)NC(=O)[C@H]2CC2(C)C)cc(Br)c1F. The summed E-state index contributed by atoms with van der Waals surface area (Å²) in [5.74, 6) is -1.31. The first-order valence-corrected chi connectivity index (χ1v) is 8.34. The topological polar surface area (TPSA) is 63.2 Å². The highest BCUT2D eigenvalue weighted by Gasteiger charge is 2.51. The van der Waals surface area contributed by atoms with Gasteiger partial charge in [0.05, 0.1) is 9.37 Å². The summed E-state index contributed by atoms with van der Waals surface area (Å²) in [5.41, 5.74) is 0.0396. The van der Waals surface area contributed by atoms with E-state index in [0.29, 0.717) is 6.42 Å². The fourth-order valence-corrected chi connectivity index (χ4v) is 3.87. The summed E-state index contributed by atoms with van der Waals surface area (Å²) in [6, 6.07) is 2.35. The van der Waals surface area contributed by atoms with Crippen molar-refractivity contribution >= 4 is 31.9 Å². The number of nitrogens with one attached hydrogen (secondary N) is 1. The van der Waals surface area contributed by atoms with Crippen molar-refractivity contribution in [3.8, 4) is 0 Å². The maximum Gasteiger partial charge on any atom is 0.264 e. The average Bonchev–Trinajstić information content (AvgIpc) is 2.94. The molecule has 0 aliphatic heterocycles. The third-order valence-corrected chi connectivity index (χ3v) is 5.46. The Hall–Kier alpha value is -0.950. The molecular formula is C13H15BrFNO3S. The summed E-state index contributed by atoms with van der Waals surface area (Å²) < 4.78 is 39.8. The molecule has 0 heterocycles. The largest absolute Gasteiger partial charge is 0.274 e. The first-order valence-electron chi connectivity index (χ1n) is 6.07. The van der Waals surface area contributed by atoms with Crippen molar-refractivity contribution in [3.05, 3.63) is 28.0 Å². The molecule has 1 fully saturated rings. The molecule has 0 bridgehead atoms. The highest BCUT2D eigenvalue weighted by Crippen LogP contribution is 2.51. The molecule has 0 unspecified atom stereocenters. The number of carbonyl (C=O) groups is 1. The minimum absolute atomic E-state index is 0.0528. The average molecular weight is 364 g/mol. The van der Waals surface area contributed by atoms with Crippen LogP contribution in [0.2, 0.25) is 0 Å². The highest BCUT2D eigenvalue weighted by atomic mass is 79.9. The summed E-state index contributed by atoms with van der Waals surface area (Å²) in [6.45, 7) is 5.27. The molecule has 1 aromatic carbocycles. The number of benzene rings is 1. The number of amides is 1. The van der Waals surface area contributed by atoms with Crippen LogP contribution in [-0.2, 0) is 14.8 Å². The Labute approximate surface area is 125 Å². The van der Waals surface area contributed by atoms with Crippen LogP contribution in [0.15, 0.2) is 21.5 Å². The lowest BCUT2D eigenvalue weighted by Crippen LogP contribution is -2.32. The summed E-state index contributed by atoms with van der Waals surface area (Å²) >= 11 is 2.96. The van der Waals surface area contributed by atoms with Crippen molar-refractivity contribution in [2.24, 2.45) is 11.3 Å². The molecule has 0 saturated heterocycles. The van der Waals surface area contributed by atoms with E-state index in [9.17, 15) is 17.6 Å². The van der Waals surface area contributed by atoms with Crippen LogP contribution in [-0.4, -0.2) is 14.3 Å². The van der Waals surface area contributed by atoms with E-state index < -0.39 is 21.7 Å². The molecule has 1 atom stereocenters. The van der Waals surface area contributed by atoms with Crippen molar-refractivity contribution < 1.29 is 17.6 Å². The fourth-order valence-electron chi connectivity index (χ4n) is 2.03. The van der Waals surface area contributed by atoms with E-state index in [4.69, 9.17) is 0 Å². The van der Waals surface area contributed by atoms with E-state index in [2.05, 4.69) is 20.7 Å². The molecule has 1 amide bonds. The second kappa shape index (κ2) is 4.80. The van der Waals surface area contributed by atoms with E-state index in [1.807, 2.05) is 13.8 Å². The lowest BCUT2D eigenvalue weighted by molar-refractivity contribution is -0.121. The quantitative estimate of drug-likeness (QED) is 0.897. The molecule has 110 valence electrons. The Kier molecular flexibility index (Phi) is 3.71. The third-order valence-electron chi connectivity index (χ3n) is 3.56. The van der Waals surface area contributed by atoms with Gasteiger partial charge in [0.15, 0.2) is 0 Å². The van der Waals surface area contributed by atoms with Gasteiger partial charge in [-0.25, -0.2) is 17.5 Å². The van der Waals surface area contributed by atoms with Gasteiger partial charge in [0.2, 0.25) is 5.91 Å². The molecule has 1 aromatic rings. The zero-order chi connectivity index (χ0) is 15.3.